The average molecular weight is 299 g/mol. The molecular formula is C17H21N3S. The first-order chi connectivity index (χ1) is 9.96. The zero-order valence-corrected chi connectivity index (χ0v) is 13.3. The smallest absolute Gasteiger partial charge is 0.122 e. The SMILES string of the molecule is CC(C)(CCc1ccccc1)Nc1ccc(C(N)=S)nc1. The van der Waals surface area contributed by atoms with Crippen LogP contribution in [0.4, 0.5) is 5.69 Å². The van der Waals surface area contributed by atoms with Gasteiger partial charge in [0.15, 0.2) is 0 Å². The Labute approximate surface area is 131 Å². The molecular weight excluding hydrogens is 278 g/mol. The molecule has 0 spiro atoms. The molecule has 0 saturated carbocycles. The van der Waals surface area contributed by atoms with Crippen LogP contribution in [0.25, 0.3) is 0 Å². The third-order valence-corrected chi connectivity index (χ3v) is 3.59. The molecule has 0 unspecified atom stereocenters. The van der Waals surface area contributed by atoms with Crippen LogP contribution in [0.1, 0.15) is 31.5 Å². The van der Waals surface area contributed by atoms with E-state index < -0.39 is 0 Å². The van der Waals surface area contributed by atoms with Crippen molar-refractivity contribution < 1.29 is 0 Å². The molecule has 1 heterocycles. The van der Waals surface area contributed by atoms with E-state index in [1.807, 2.05) is 18.2 Å². The standard InChI is InChI=1S/C17H21N3S/c1-17(2,11-10-13-6-4-3-5-7-13)20-14-8-9-15(16(18)21)19-12-14/h3-9,12,20H,10-11H2,1-2H3,(H2,18,21). The summed E-state index contributed by atoms with van der Waals surface area (Å²) in [6.45, 7) is 4.38. The maximum atomic E-state index is 5.55. The summed E-state index contributed by atoms with van der Waals surface area (Å²) in [5.74, 6) is 0. The number of nitrogens with two attached hydrogens (primary N) is 1. The number of rotatable bonds is 6. The number of thiocarbonyl (C=S) groups is 1. The highest BCUT2D eigenvalue weighted by Gasteiger charge is 2.17. The summed E-state index contributed by atoms with van der Waals surface area (Å²) >= 11 is 4.91. The molecule has 2 aromatic rings. The van der Waals surface area contributed by atoms with Crippen molar-refractivity contribution in [2.75, 3.05) is 5.32 Å². The van der Waals surface area contributed by atoms with E-state index in [0.29, 0.717) is 10.7 Å². The first-order valence-electron chi connectivity index (χ1n) is 7.04. The number of nitrogens with zero attached hydrogens (tertiary/aromatic N) is 1. The van der Waals surface area contributed by atoms with Gasteiger partial charge >= 0.3 is 0 Å². The van der Waals surface area contributed by atoms with Crippen LogP contribution in [0, 0.1) is 0 Å². The molecule has 0 fully saturated rings. The summed E-state index contributed by atoms with van der Waals surface area (Å²) in [6.07, 6.45) is 3.85. The van der Waals surface area contributed by atoms with Gasteiger partial charge in [0.05, 0.1) is 17.6 Å². The molecule has 110 valence electrons. The van der Waals surface area contributed by atoms with Crippen molar-refractivity contribution >= 4 is 22.9 Å². The maximum Gasteiger partial charge on any atom is 0.122 e. The van der Waals surface area contributed by atoms with E-state index in [2.05, 4.69) is 48.4 Å². The van der Waals surface area contributed by atoms with E-state index in [1.165, 1.54) is 5.56 Å². The molecule has 3 nitrogen and oxygen atoms in total. The molecule has 1 aromatic heterocycles. The Balaban J connectivity index is 1.95. The number of hydrogen-bond donors (Lipinski definition) is 2. The third-order valence-electron chi connectivity index (χ3n) is 3.38. The van der Waals surface area contributed by atoms with Gasteiger partial charge in [-0.25, -0.2) is 0 Å². The monoisotopic (exact) mass is 299 g/mol. The van der Waals surface area contributed by atoms with Gasteiger partial charge in [0.2, 0.25) is 0 Å². The zero-order valence-electron chi connectivity index (χ0n) is 12.5. The van der Waals surface area contributed by atoms with Crippen molar-refractivity contribution in [1.29, 1.82) is 0 Å². The summed E-state index contributed by atoms with van der Waals surface area (Å²) in [7, 11) is 0. The van der Waals surface area contributed by atoms with E-state index in [1.54, 1.807) is 6.20 Å². The molecule has 0 atom stereocenters. The van der Waals surface area contributed by atoms with E-state index in [4.69, 9.17) is 18.0 Å². The first kappa shape index (κ1) is 15.4. The van der Waals surface area contributed by atoms with E-state index in [0.717, 1.165) is 18.5 Å². The van der Waals surface area contributed by atoms with Crippen LogP contribution in [0.3, 0.4) is 0 Å². The van der Waals surface area contributed by atoms with Crippen molar-refractivity contribution in [3.8, 4) is 0 Å². The fourth-order valence-electron chi connectivity index (χ4n) is 2.17. The summed E-state index contributed by atoms with van der Waals surface area (Å²) in [5.41, 5.74) is 8.53. The molecule has 2 rings (SSSR count). The van der Waals surface area contributed by atoms with Gasteiger partial charge in [-0.15, -0.1) is 0 Å². The number of nitrogens with one attached hydrogen (secondary N) is 1. The lowest BCUT2D eigenvalue weighted by Crippen LogP contribution is -2.31. The minimum absolute atomic E-state index is 0.0116. The fraction of sp³-hybridized carbons (Fsp3) is 0.294. The highest BCUT2D eigenvalue weighted by molar-refractivity contribution is 7.80. The first-order valence-corrected chi connectivity index (χ1v) is 7.45. The fourth-order valence-corrected chi connectivity index (χ4v) is 2.29. The van der Waals surface area contributed by atoms with Crippen LogP contribution in [0.2, 0.25) is 0 Å². The molecule has 3 N–H and O–H groups in total. The Bertz CT molecular complexity index is 591. The lowest BCUT2D eigenvalue weighted by molar-refractivity contribution is 0.518. The highest BCUT2D eigenvalue weighted by atomic mass is 32.1. The number of aromatic nitrogens is 1. The molecule has 0 aliphatic carbocycles. The predicted molar refractivity (Wildman–Crippen MR) is 92.6 cm³/mol. The Morgan fingerprint density at radius 3 is 2.48 bits per heavy atom. The lowest BCUT2D eigenvalue weighted by atomic mass is 9.95. The van der Waals surface area contributed by atoms with Crippen molar-refractivity contribution in [3.05, 3.63) is 59.9 Å². The van der Waals surface area contributed by atoms with Gasteiger partial charge in [-0.2, -0.15) is 0 Å². The van der Waals surface area contributed by atoms with Crippen molar-refractivity contribution in [2.24, 2.45) is 5.73 Å². The molecule has 0 aliphatic rings. The molecule has 21 heavy (non-hydrogen) atoms. The molecule has 0 amide bonds. The number of pyridine rings is 1. The molecule has 1 aromatic carbocycles. The second kappa shape index (κ2) is 6.68. The number of benzene rings is 1. The topological polar surface area (TPSA) is 50.9 Å². The molecule has 0 aliphatic heterocycles. The summed E-state index contributed by atoms with van der Waals surface area (Å²) < 4.78 is 0. The van der Waals surface area contributed by atoms with E-state index >= 15 is 0 Å². The normalized spacial score (nSPS) is 11.1. The van der Waals surface area contributed by atoms with Crippen LogP contribution in [-0.2, 0) is 6.42 Å². The molecule has 4 heteroatoms. The van der Waals surface area contributed by atoms with Crippen molar-refractivity contribution in [3.63, 3.8) is 0 Å². The van der Waals surface area contributed by atoms with E-state index in [-0.39, 0.29) is 5.54 Å². The van der Waals surface area contributed by atoms with Gasteiger partial charge in [0.1, 0.15) is 4.99 Å². The Morgan fingerprint density at radius 1 is 1.19 bits per heavy atom. The van der Waals surface area contributed by atoms with Crippen LogP contribution in [0.15, 0.2) is 48.7 Å². The van der Waals surface area contributed by atoms with Crippen LogP contribution >= 0.6 is 12.2 Å². The summed E-state index contributed by atoms with van der Waals surface area (Å²) in [4.78, 5) is 4.58. The van der Waals surface area contributed by atoms with Gasteiger partial charge in [-0.1, -0.05) is 42.5 Å². The Morgan fingerprint density at radius 2 is 1.90 bits per heavy atom. The summed E-state index contributed by atoms with van der Waals surface area (Å²) in [5, 5.41) is 3.51. The second-order valence-electron chi connectivity index (χ2n) is 5.79. The Kier molecular flexibility index (Phi) is 4.91. The van der Waals surface area contributed by atoms with Crippen LogP contribution in [0.5, 0.6) is 0 Å². The molecule has 0 saturated heterocycles. The van der Waals surface area contributed by atoms with Gasteiger partial charge in [0.25, 0.3) is 0 Å². The predicted octanol–water partition coefficient (Wildman–Crippen LogP) is 3.54. The van der Waals surface area contributed by atoms with Crippen LogP contribution < -0.4 is 11.1 Å². The zero-order chi connectivity index (χ0) is 15.3. The largest absolute Gasteiger partial charge is 0.388 e. The quantitative estimate of drug-likeness (QED) is 0.801. The second-order valence-corrected chi connectivity index (χ2v) is 6.23. The Hall–Kier alpha value is -1.94. The molecule has 0 radical (unpaired) electrons. The summed E-state index contributed by atoms with van der Waals surface area (Å²) in [6, 6.07) is 14.3. The maximum absolute atomic E-state index is 5.55. The van der Waals surface area contributed by atoms with Gasteiger partial charge in [-0.05, 0) is 44.4 Å². The van der Waals surface area contributed by atoms with Gasteiger partial charge < -0.3 is 11.1 Å². The van der Waals surface area contributed by atoms with E-state index in [9.17, 15) is 0 Å². The number of hydrogen-bond acceptors (Lipinski definition) is 3. The van der Waals surface area contributed by atoms with Crippen LogP contribution in [-0.4, -0.2) is 15.5 Å². The lowest BCUT2D eigenvalue weighted by Gasteiger charge is -2.27. The number of anilines is 1. The number of aryl methyl sites for hydroxylation is 1. The van der Waals surface area contributed by atoms with Crippen molar-refractivity contribution in [1.82, 2.24) is 4.98 Å². The average Bonchev–Trinajstić information content (AvgIpc) is 2.46. The highest BCUT2D eigenvalue weighted by Crippen LogP contribution is 2.20. The molecule has 0 bridgehead atoms. The minimum Gasteiger partial charge on any atom is -0.388 e. The van der Waals surface area contributed by atoms with Gasteiger partial charge in [0, 0.05) is 5.54 Å². The van der Waals surface area contributed by atoms with Gasteiger partial charge in [-0.3, -0.25) is 4.98 Å². The third kappa shape index (κ3) is 4.83. The minimum atomic E-state index is -0.0116. The van der Waals surface area contributed by atoms with Crippen molar-refractivity contribution in [2.45, 2.75) is 32.2 Å².